The second-order valence-corrected chi connectivity index (χ2v) is 5.22. The molecule has 0 N–H and O–H groups in total. The van der Waals surface area contributed by atoms with E-state index in [0.29, 0.717) is 16.7 Å². The van der Waals surface area contributed by atoms with Gasteiger partial charge in [0, 0.05) is 17.3 Å². The Kier molecular flexibility index (Phi) is 4.68. The molecule has 0 atom stereocenters. The van der Waals surface area contributed by atoms with Gasteiger partial charge in [0.05, 0.1) is 12.1 Å². The number of halogens is 1. The van der Waals surface area contributed by atoms with E-state index in [1.165, 1.54) is 6.26 Å². The van der Waals surface area contributed by atoms with Crippen LogP contribution in [0.15, 0.2) is 59.3 Å². The molecule has 2 aromatic heterocycles. The first-order chi connectivity index (χ1) is 11.2. The van der Waals surface area contributed by atoms with E-state index in [-0.39, 0.29) is 19.0 Å². The Balaban J connectivity index is 1.56. The first kappa shape index (κ1) is 15.2. The lowest BCUT2D eigenvalue weighted by Gasteiger charge is -2.03. The van der Waals surface area contributed by atoms with E-state index in [0.717, 1.165) is 11.1 Å². The zero-order valence-electron chi connectivity index (χ0n) is 12.1. The van der Waals surface area contributed by atoms with Crippen molar-refractivity contribution in [1.82, 2.24) is 9.97 Å². The van der Waals surface area contributed by atoms with Gasteiger partial charge in [-0.2, -0.15) is 0 Å². The summed E-state index contributed by atoms with van der Waals surface area (Å²) in [5.41, 5.74) is 2.16. The molecule has 0 aliphatic heterocycles. The Morgan fingerprint density at radius 3 is 2.74 bits per heavy atom. The van der Waals surface area contributed by atoms with E-state index >= 15 is 0 Å². The van der Waals surface area contributed by atoms with Crippen molar-refractivity contribution in [3.63, 3.8) is 0 Å². The number of carbonyl (C=O) groups excluding carboxylic acids is 1. The van der Waals surface area contributed by atoms with Crippen LogP contribution in [-0.4, -0.2) is 15.9 Å². The molecule has 0 fully saturated rings. The molecule has 5 nitrogen and oxygen atoms in total. The van der Waals surface area contributed by atoms with Crippen molar-refractivity contribution in [3.8, 4) is 11.5 Å². The number of aromatic nitrogens is 2. The minimum atomic E-state index is -0.382. The highest BCUT2D eigenvalue weighted by Crippen LogP contribution is 2.18. The molecule has 0 spiro atoms. The molecule has 3 aromatic rings. The van der Waals surface area contributed by atoms with Crippen molar-refractivity contribution in [1.29, 1.82) is 0 Å². The lowest BCUT2D eigenvalue weighted by Crippen LogP contribution is -2.08. The SMILES string of the molecule is O=C(Cc1coc(-c2ccccc2)n1)OCc1ccc(Cl)nc1. The number of esters is 1. The average molecular weight is 329 g/mol. The highest BCUT2D eigenvalue weighted by atomic mass is 35.5. The first-order valence-electron chi connectivity index (χ1n) is 6.96. The number of nitrogens with zero attached hydrogens (tertiary/aromatic N) is 2. The summed E-state index contributed by atoms with van der Waals surface area (Å²) < 4.78 is 10.6. The minimum absolute atomic E-state index is 0.0529. The van der Waals surface area contributed by atoms with Crippen molar-refractivity contribution in [2.24, 2.45) is 0 Å². The number of ether oxygens (including phenoxy) is 1. The van der Waals surface area contributed by atoms with Crippen LogP contribution in [0.25, 0.3) is 11.5 Å². The third-order valence-electron chi connectivity index (χ3n) is 3.09. The maximum atomic E-state index is 11.8. The highest BCUT2D eigenvalue weighted by molar-refractivity contribution is 6.29. The lowest BCUT2D eigenvalue weighted by molar-refractivity contribution is -0.144. The topological polar surface area (TPSA) is 65.2 Å². The van der Waals surface area contributed by atoms with Gasteiger partial charge in [0.15, 0.2) is 0 Å². The van der Waals surface area contributed by atoms with Crippen molar-refractivity contribution in [3.05, 3.63) is 71.3 Å². The molecule has 116 valence electrons. The third kappa shape index (κ3) is 4.17. The van der Waals surface area contributed by atoms with Crippen LogP contribution in [0.2, 0.25) is 5.15 Å². The predicted octanol–water partition coefficient (Wildman–Crippen LogP) is 3.68. The maximum absolute atomic E-state index is 11.8. The Bertz CT molecular complexity index is 785. The van der Waals surface area contributed by atoms with Gasteiger partial charge in [-0.05, 0) is 18.2 Å². The molecule has 1 aromatic carbocycles. The average Bonchev–Trinajstić information content (AvgIpc) is 3.04. The maximum Gasteiger partial charge on any atom is 0.312 e. The molecule has 3 rings (SSSR count). The van der Waals surface area contributed by atoms with Crippen molar-refractivity contribution in [2.45, 2.75) is 13.0 Å². The summed E-state index contributed by atoms with van der Waals surface area (Å²) in [6.07, 6.45) is 3.09. The van der Waals surface area contributed by atoms with Crippen molar-refractivity contribution >= 4 is 17.6 Å². The molecule has 0 bridgehead atoms. The van der Waals surface area contributed by atoms with Gasteiger partial charge in [-0.1, -0.05) is 35.9 Å². The minimum Gasteiger partial charge on any atom is -0.460 e. The van der Waals surface area contributed by atoms with E-state index in [9.17, 15) is 4.79 Å². The van der Waals surface area contributed by atoms with Crippen molar-refractivity contribution in [2.75, 3.05) is 0 Å². The number of hydrogen-bond donors (Lipinski definition) is 0. The van der Waals surface area contributed by atoms with E-state index < -0.39 is 0 Å². The summed E-state index contributed by atoms with van der Waals surface area (Å²) in [5, 5.41) is 0.399. The molecule has 6 heteroatoms. The number of oxazole rings is 1. The van der Waals surface area contributed by atoms with Crippen LogP contribution >= 0.6 is 11.6 Å². The van der Waals surface area contributed by atoms with Gasteiger partial charge in [-0.3, -0.25) is 4.79 Å². The Morgan fingerprint density at radius 1 is 1.17 bits per heavy atom. The second kappa shape index (κ2) is 7.07. The van der Waals surface area contributed by atoms with Crippen LogP contribution < -0.4 is 0 Å². The molecule has 0 radical (unpaired) electrons. The number of hydrogen-bond acceptors (Lipinski definition) is 5. The molecule has 0 aliphatic rings. The summed E-state index contributed by atoms with van der Waals surface area (Å²) in [6, 6.07) is 12.9. The summed E-state index contributed by atoms with van der Waals surface area (Å²) in [6.45, 7) is 0.145. The summed E-state index contributed by atoms with van der Waals surface area (Å²) in [7, 11) is 0. The van der Waals surface area contributed by atoms with Crippen LogP contribution in [0.1, 0.15) is 11.3 Å². The highest BCUT2D eigenvalue weighted by Gasteiger charge is 2.11. The molecular formula is C17H13ClN2O3. The Hall–Kier alpha value is -2.66. The molecule has 0 saturated carbocycles. The quantitative estimate of drug-likeness (QED) is 0.528. The van der Waals surface area contributed by atoms with Crippen LogP contribution in [0, 0.1) is 0 Å². The van der Waals surface area contributed by atoms with Gasteiger partial charge >= 0.3 is 5.97 Å². The van der Waals surface area contributed by atoms with Crippen LogP contribution in [0.4, 0.5) is 0 Å². The Morgan fingerprint density at radius 2 is 2.00 bits per heavy atom. The molecule has 0 unspecified atom stereocenters. The van der Waals surface area contributed by atoms with E-state index in [1.54, 1.807) is 18.3 Å². The first-order valence-corrected chi connectivity index (χ1v) is 7.34. The second-order valence-electron chi connectivity index (χ2n) is 4.84. The third-order valence-corrected chi connectivity index (χ3v) is 3.31. The summed E-state index contributed by atoms with van der Waals surface area (Å²) >= 11 is 5.70. The summed E-state index contributed by atoms with van der Waals surface area (Å²) in [5.74, 6) is 0.100. The largest absolute Gasteiger partial charge is 0.460 e. The number of pyridine rings is 1. The van der Waals surface area contributed by atoms with Gasteiger partial charge < -0.3 is 9.15 Å². The molecule has 23 heavy (non-hydrogen) atoms. The van der Waals surface area contributed by atoms with Crippen LogP contribution in [0.5, 0.6) is 0 Å². The van der Waals surface area contributed by atoms with Crippen molar-refractivity contribution < 1.29 is 13.9 Å². The standard InChI is InChI=1S/C17H13ClN2O3/c18-15-7-6-12(9-19-15)10-22-16(21)8-14-11-23-17(20-14)13-4-2-1-3-5-13/h1-7,9,11H,8,10H2. The van der Waals surface area contributed by atoms with Gasteiger partial charge in [-0.25, -0.2) is 9.97 Å². The zero-order valence-corrected chi connectivity index (χ0v) is 12.9. The number of rotatable bonds is 5. The molecule has 0 amide bonds. The van der Waals surface area contributed by atoms with Gasteiger partial charge in [-0.15, -0.1) is 0 Å². The lowest BCUT2D eigenvalue weighted by atomic mass is 10.2. The fourth-order valence-electron chi connectivity index (χ4n) is 1.96. The number of benzene rings is 1. The van der Waals surface area contributed by atoms with E-state index in [4.69, 9.17) is 20.8 Å². The van der Waals surface area contributed by atoms with Gasteiger partial charge in [0.2, 0.25) is 5.89 Å². The van der Waals surface area contributed by atoms with E-state index in [1.807, 2.05) is 30.3 Å². The fraction of sp³-hybridized carbons (Fsp3) is 0.118. The fourth-order valence-corrected chi connectivity index (χ4v) is 2.07. The summed E-state index contributed by atoms with van der Waals surface area (Å²) in [4.78, 5) is 20.1. The molecule has 0 saturated heterocycles. The number of carbonyl (C=O) groups is 1. The smallest absolute Gasteiger partial charge is 0.312 e. The van der Waals surface area contributed by atoms with Gasteiger partial charge in [0.25, 0.3) is 0 Å². The van der Waals surface area contributed by atoms with Gasteiger partial charge in [0.1, 0.15) is 18.0 Å². The van der Waals surface area contributed by atoms with Crippen LogP contribution in [-0.2, 0) is 22.6 Å². The van der Waals surface area contributed by atoms with E-state index in [2.05, 4.69) is 9.97 Å². The molecule has 2 heterocycles. The predicted molar refractivity (Wildman–Crippen MR) is 84.7 cm³/mol. The Labute approximate surface area is 137 Å². The monoisotopic (exact) mass is 328 g/mol. The molecule has 0 aliphatic carbocycles. The van der Waals surface area contributed by atoms with Crippen LogP contribution in [0.3, 0.4) is 0 Å². The normalized spacial score (nSPS) is 10.5. The zero-order chi connectivity index (χ0) is 16.1. The molecular weight excluding hydrogens is 316 g/mol.